The SMILES string of the molecule is CCO/N=C(/C/C=N/OCC)c1ccc(O)cc1. The Kier molecular flexibility index (Phi) is 6.32. The van der Waals surface area contributed by atoms with Gasteiger partial charge in [0.2, 0.25) is 0 Å². The van der Waals surface area contributed by atoms with Crippen molar-refractivity contribution >= 4 is 11.9 Å². The zero-order chi connectivity index (χ0) is 13.2. The van der Waals surface area contributed by atoms with E-state index < -0.39 is 0 Å². The van der Waals surface area contributed by atoms with Crippen LogP contribution in [-0.2, 0) is 9.68 Å². The molecule has 0 aliphatic carbocycles. The maximum atomic E-state index is 9.24. The highest BCUT2D eigenvalue weighted by Gasteiger charge is 2.03. The van der Waals surface area contributed by atoms with Crippen molar-refractivity contribution in [2.75, 3.05) is 13.2 Å². The first-order valence-corrected chi connectivity index (χ1v) is 5.90. The molecule has 0 bridgehead atoms. The van der Waals surface area contributed by atoms with Crippen LogP contribution in [0.1, 0.15) is 25.8 Å². The van der Waals surface area contributed by atoms with E-state index in [1.165, 1.54) is 0 Å². The van der Waals surface area contributed by atoms with Crippen LogP contribution in [-0.4, -0.2) is 30.2 Å². The van der Waals surface area contributed by atoms with E-state index in [9.17, 15) is 5.11 Å². The molecule has 0 radical (unpaired) electrons. The van der Waals surface area contributed by atoms with Crippen molar-refractivity contribution in [1.29, 1.82) is 0 Å². The fourth-order valence-electron chi connectivity index (χ4n) is 1.26. The number of aromatic hydroxyl groups is 1. The molecule has 0 atom stereocenters. The number of rotatable bonds is 7. The molecule has 5 heteroatoms. The van der Waals surface area contributed by atoms with Gasteiger partial charge >= 0.3 is 0 Å². The molecule has 5 nitrogen and oxygen atoms in total. The normalized spacial score (nSPS) is 11.8. The van der Waals surface area contributed by atoms with Gasteiger partial charge in [-0.2, -0.15) is 0 Å². The standard InChI is InChI=1S/C13H18N2O3/c1-3-17-14-10-9-13(15-18-4-2)11-5-7-12(16)8-6-11/h5-8,10,16H,3-4,9H2,1-2H3/b14-10+,15-13-. The van der Waals surface area contributed by atoms with E-state index >= 15 is 0 Å². The summed E-state index contributed by atoms with van der Waals surface area (Å²) < 4.78 is 0. The number of hydrogen-bond donors (Lipinski definition) is 1. The summed E-state index contributed by atoms with van der Waals surface area (Å²) >= 11 is 0. The van der Waals surface area contributed by atoms with E-state index in [0.29, 0.717) is 19.6 Å². The largest absolute Gasteiger partial charge is 0.508 e. The minimum atomic E-state index is 0.220. The molecule has 0 aromatic heterocycles. The third kappa shape index (κ3) is 4.86. The highest BCUT2D eigenvalue weighted by Crippen LogP contribution is 2.12. The summed E-state index contributed by atoms with van der Waals surface area (Å²) in [4.78, 5) is 9.94. The molecule has 0 spiro atoms. The van der Waals surface area contributed by atoms with Crippen molar-refractivity contribution in [3.05, 3.63) is 29.8 Å². The van der Waals surface area contributed by atoms with Crippen LogP contribution in [0.2, 0.25) is 0 Å². The molecular formula is C13H18N2O3. The van der Waals surface area contributed by atoms with Crippen molar-refractivity contribution in [3.8, 4) is 5.75 Å². The number of phenolic OH excluding ortho intramolecular Hbond substituents is 1. The van der Waals surface area contributed by atoms with Gasteiger partial charge in [-0.1, -0.05) is 10.3 Å². The fraction of sp³-hybridized carbons (Fsp3) is 0.385. The Bertz CT molecular complexity index is 399. The van der Waals surface area contributed by atoms with Gasteiger partial charge in [-0.05, 0) is 43.7 Å². The number of hydrogen-bond acceptors (Lipinski definition) is 5. The maximum Gasteiger partial charge on any atom is 0.115 e. The lowest BCUT2D eigenvalue weighted by molar-refractivity contribution is 0.157. The van der Waals surface area contributed by atoms with E-state index in [2.05, 4.69) is 10.3 Å². The van der Waals surface area contributed by atoms with Crippen LogP contribution >= 0.6 is 0 Å². The molecule has 1 rings (SSSR count). The van der Waals surface area contributed by atoms with Crippen LogP contribution in [0, 0.1) is 0 Å². The van der Waals surface area contributed by atoms with Crippen molar-refractivity contribution in [1.82, 2.24) is 0 Å². The smallest absolute Gasteiger partial charge is 0.115 e. The van der Waals surface area contributed by atoms with Crippen LogP contribution < -0.4 is 0 Å². The highest BCUT2D eigenvalue weighted by molar-refractivity contribution is 6.07. The second kappa shape index (κ2) is 8.11. The van der Waals surface area contributed by atoms with Gasteiger partial charge in [-0.25, -0.2) is 0 Å². The predicted octanol–water partition coefficient (Wildman–Crippen LogP) is 2.55. The zero-order valence-corrected chi connectivity index (χ0v) is 10.7. The number of benzene rings is 1. The van der Waals surface area contributed by atoms with Crippen LogP contribution in [0.15, 0.2) is 34.6 Å². The van der Waals surface area contributed by atoms with E-state index in [0.717, 1.165) is 11.3 Å². The van der Waals surface area contributed by atoms with E-state index in [-0.39, 0.29) is 5.75 Å². The fourth-order valence-corrected chi connectivity index (χ4v) is 1.26. The van der Waals surface area contributed by atoms with Gasteiger partial charge in [0.15, 0.2) is 0 Å². The van der Waals surface area contributed by atoms with Crippen LogP contribution in [0.25, 0.3) is 0 Å². The van der Waals surface area contributed by atoms with Gasteiger partial charge in [0.25, 0.3) is 0 Å². The zero-order valence-electron chi connectivity index (χ0n) is 10.7. The topological polar surface area (TPSA) is 63.4 Å². The molecular weight excluding hydrogens is 232 g/mol. The first kappa shape index (κ1) is 14.0. The average molecular weight is 250 g/mol. The second-order valence-corrected chi connectivity index (χ2v) is 3.41. The third-order valence-electron chi connectivity index (χ3n) is 2.07. The molecule has 0 aliphatic rings. The summed E-state index contributed by atoms with van der Waals surface area (Å²) in [5.41, 5.74) is 1.62. The molecule has 0 heterocycles. The monoisotopic (exact) mass is 250 g/mol. The molecule has 0 unspecified atom stereocenters. The van der Waals surface area contributed by atoms with E-state index in [1.807, 2.05) is 13.8 Å². The van der Waals surface area contributed by atoms with Gasteiger partial charge in [0.05, 0.1) is 5.71 Å². The number of oxime groups is 2. The summed E-state index contributed by atoms with van der Waals surface area (Å²) in [6.45, 7) is 4.77. The molecule has 0 saturated heterocycles. The van der Waals surface area contributed by atoms with Gasteiger partial charge < -0.3 is 14.8 Å². The Hall–Kier alpha value is -2.04. The van der Waals surface area contributed by atoms with Crippen LogP contribution in [0.4, 0.5) is 0 Å². The quantitative estimate of drug-likeness (QED) is 0.597. The van der Waals surface area contributed by atoms with Crippen molar-refractivity contribution < 1.29 is 14.8 Å². The highest BCUT2D eigenvalue weighted by atomic mass is 16.6. The summed E-state index contributed by atoms with van der Waals surface area (Å²) in [7, 11) is 0. The Morgan fingerprint density at radius 1 is 1.17 bits per heavy atom. The lowest BCUT2D eigenvalue weighted by Gasteiger charge is -2.04. The number of phenols is 1. The molecule has 0 amide bonds. The van der Waals surface area contributed by atoms with Gasteiger partial charge in [0, 0.05) is 12.6 Å². The average Bonchev–Trinajstić information content (AvgIpc) is 2.39. The lowest BCUT2D eigenvalue weighted by atomic mass is 10.1. The third-order valence-corrected chi connectivity index (χ3v) is 2.07. The van der Waals surface area contributed by atoms with Crippen LogP contribution in [0.3, 0.4) is 0 Å². The summed E-state index contributed by atoms with van der Waals surface area (Å²) in [5.74, 6) is 0.220. The first-order valence-electron chi connectivity index (χ1n) is 5.90. The Morgan fingerprint density at radius 3 is 2.44 bits per heavy atom. The van der Waals surface area contributed by atoms with Crippen LogP contribution in [0.5, 0.6) is 5.75 Å². The summed E-state index contributed by atoms with van der Waals surface area (Å²) in [6, 6.07) is 6.77. The van der Waals surface area contributed by atoms with Gasteiger partial charge in [0.1, 0.15) is 19.0 Å². The summed E-state index contributed by atoms with van der Waals surface area (Å²) in [5, 5.41) is 17.0. The minimum absolute atomic E-state index is 0.220. The molecule has 0 aliphatic heterocycles. The van der Waals surface area contributed by atoms with Crippen molar-refractivity contribution in [3.63, 3.8) is 0 Å². The van der Waals surface area contributed by atoms with Crippen molar-refractivity contribution in [2.45, 2.75) is 20.3 Å². The first-order chi connectivity index (χ1) is 8.77. The maximum absolute atomic E-state index is 9.24. The van der Waals surface area contributed by atoms with E-state index in [4.69, 9.17) is 9.68 Å². The molecule has 0 fully saturated rings. The minimum Gasteiger partial charge on any atom is -0.508 e. The van der Waals surface area contributed by atoms with Gasteiger partial charge in [-0.3, -0.25) is 0 Å². The molecule has 1 aromatic carbocycles. The molecule has 1 aromatic rings. The molecule has 18 heavy (non-hydrogen) atoms. The van der Waals surface area contributed by atoms with Gasteiger partial charge in [-0.15, -0.1) is 0 Å². The molecule has 0 saturated carbocycles. The molecule has 1 N–H and O–H groups in total. The molecule has 98 valence electrons. The Morgan fingerprint density at radius 2 is 1.83 bits per heavy atom. The Balaban J connectivity index is 2.75. The number of nitrogens with zero attached hydrogens (tertiary/aromatic N) is 2. The van der Waals surface area contributed by atoms with E-state index in [1.54, 1.807) is 30.5 Å². The van der Waals surface area contributed by atoms with Crippen molar-refractivity contribution in [2.24, 2.45) is 10.3 Å². The lowest BCUT2D eigenvalue weighted by Crippen LogP contribution is -2.03. The predicted molar refractivity (Wildman–Crippen MR) is 71.0 cm³/mol. The summed E-state index contributed by atoms with van der Waals surface area (Å²) in [6.07, 6.45) is 2.14. The Labute approximate surface area is 107 Å². The second-order valence-electron chi connectivity index (χ2n) is 3.41.